The number of hydrogen-bond acceptors (Lipinski definition) is 4. The number of benzene rings is 1. The lowest BCUT2D eigenvalue weighted by Gasteiger charge is -2.29. The predicted molar refractivity (Wildman–Crippen MR) is 85.4 cm³/mol. The second-order valence-corrected chi connectivity index (χ2v) is 6.67. The molecule has 3 unspecified atom stereocenters. The molecule has 1 saturated heterocycles. The quantitative estimate of drug-likeness (QED) is 0.939. The van der Waals surface area contributed by atoms with E-state index in [4.69, 9.17) is 5.73 Å². The standard InChI is InChI=1S/C17H23N5/c18-17-8-4-5-13-10-21(12-16(13)17)11-14-9-19-22(20-14)15-6-2-1-3-7-15/h1-3,6-7,9,13,16-17H,4-5,8,10-12,18H2. The van der Waals surface area contributed by atoms with Gasteiger partial charge in [0, 0.05) is 25.7 Å². The molecule has 2 fully saturated rings. The van der Waals surface area contributed by atoms with E-state index in [9.17, 15) is 0 Å². The van der Waals surface area contributed by atoms with E-state index in [2.05, 4.69) is 15.1 Å². The Morgan fingerprint density at radius 2 is 2.00 bits per heavy atom. The minimum atomic E-state index is 0.392. The Balaban J connectivity index is 1.43. The van der Waals surface area contributed by atoms with Crippen molar-refractivity contribution in [3.05, 3.63) is 42.2 Å². The Hall–Kier alpha value is -1.72. The van der Waals surface area contributed by atoms with Crippen LogP contribution in [-0.4, -0.2) is 39.0 Å². The summed E-state index contributed by atoms with van der Waals surface area (Å²) in [5, 5.41) is 9.00. The molecule has 0 spiro atoms. The summed E-state index contributed by atoms with van der Waals surface area (Å²) < 4.78 is 0. The first-order valence-electron chi connectivity index (χ1n) is 8.24. The molecule has 1 aromatic heterocycles. The predicted octanol–water partition coefficient (Wildman–Crippen LogP) is 1.83. The second kappa shape index (κ2) is 5.82. The molecule has 2 aliphatic rings. The van der Waals surface area contributed by atoms with Crippen molar-refractivity contribution in [2.45, 2.75) is 31.8 Å². The highest BCUT2D eigenvalue weighted by Crippen LogP contribution is 2.35. The summed E-state index contributed by atoms with van der Waals surface area (Å²) in [7, 11) is 0. The molecule has 1 aliphatic carbocycles. The maximum absolute atomic E-state index is 6.30. The maximum Gasteiger partial charge on any atom is 0.0971 e. The molecule has 1 aliphatic heterocycles. The molecular formula is C17H23N5. The largest absolute Gasteiger partial charge is 0.327 e. The molecule has 2 heterocycles. The van der Waals surface area contributed by atoms with Gasteiger partial charge < -0.3 is 5.73 Å². The third kappa shape index (κ3) is 2.66. The van der Waals surface area contributed by atoms with Crippen LogP contribution in [0.1, 0.15) is 25.0 Å². The first-order valence-corrected chi connectivity index (χ1v) is 8.24. The highest BCUT2D eigenvalue weighted by molar-refractivity contribution is 5.28. The fourth-order valence-electron chi connectivity index (χ4n) is 4.02. The lowest BCUT2D eigenvalue weighted by atomic mass is 9.78. The molecule has 3 atom stereocenters. The Labute approximate surface area is 131 Å². The summed E-state index contributed by atoms with van der Waals surface area (Å²) in [6.45, 7) is 3.16. The highest BCUT2D eigenvalue weighted by atomic mass is 15.5. The average molecular weight is 297 g/mol. The van der Waals surface area contributed by atoms with Crippen LogP contribution in [0.3, 0.4) is 0 Å². The van der Waals surface area contributed by atoms with E-state index in [-0.39, 0.29) is 0 Å². The number of rotatable bonds is 3. The molecule has 4 rings (SSSR count). The van der Waals surface area contributed by atoms with Crippen LogP contribution in [0.4, 0.5) is 0 Å². The van der Waals surface area contributed by atoms with Gasteiger partial charge in [-0.25, -0.2) is 0 Å². The van der Waals surface area contributed by atoms with Gasteiger partial charge in [-0.2, -0.15) is 15.0 Å². The van der Waals surface area contributed by atoms with Crippen LogP contribution >= 0.6 is 0 Å². The van der Waals surface area contributed by atoms with E-state index in [0.717, 1.165) is 36.9 Å². The summed E-state index contributed by atoms with van der Waals surface area (Å²) in [5.74, 6) is 1.46. The van der Waals surface area contributed by atoms with Gasteiger partial charge in [-0.15, -0.1) is 0 Å². The van der Waals surface area contributed by atoms with Crippen molar-refractivity contribution in [1.82, 2.24) is 19.9 Å². The van der Waals surface area contributed by atoms with Gasteiger partial charge in [0.2, 0.25) is 0 Å². The highest BCUT2D eigenvalue weighted by Gasteiger charge is 2.38. The fourth-order valence-corrected chi connectivity index (χ4v) is 4.02. The third-order valence-electron chi connectivity index (χ3n) is 5.14. The molecule has 1 aromatic carbocycles. The van der Waals surface area contributed by atoms with Crippen molar-refractivity contribution in [2.75, 3.05) is 13.1 Å². The summed E-state index contributed by atoms with van der Waals surface area (Å²) in [6.07, 6.45) is 5.71. The summed E-state index contributed by atoms with van der Waals surface area (Å²) in [6, 6.07) is 10.4. The first-order chi connectivity index (χ1) is 10.8. The molecule has 5 nitrogen and oxygen atoms in total. The van der Waals surface area contributed by atoms with Gasteiger partial charge in [-0.3, -0.25) is 4.90 Å². The van der Waals surface area contributed by atoms with E-state index in [1.807, 2.05) is 36.5 Å². The van der Waals surface area contributed by atoms with Gasteiger partial charge in [0.15, 0.2) is 0 Å². The van der Waals surface area contributed by atoms with Crippen molar-refractivity contribution in [3.63, 3.8) is 0 Å². The maximum atomic E-state index is 6.30. The SMILES string of the molecule is NC1CCCC2CN(Cc3cnn(-c4ccccc4)n3)CC12. The Kier molecular flexibility index (Phi) is 3.68. The van der Waals surface area contributed by atoms with Gasteiger partial charge in [0.1, 0.15) is 0 Å². The molecule has 2 aromatic rings. The number of nitrogens with zero attached hydrogens (tertiary/aromatic N) is 4. The Bertz CT molecular complexity index is 623. The molecular weight excluding hydrogens is 274 g/mol. The van der Waals surface area contributed by atoms with Crippen LogP contribution < -0.4 is 5.73 Å². The van der Waals surface area contributed by atoms with E-state index in [1.54, 1.807) is 4.80 Å². The normalized spacial score (nSPS) is 28.7. The van der Waals surface area contributed by atoms with Crippen LogP contribution in [0.25, 0.3) is 5.69 Å². The topological polar surface area (TPSA) is 60.0 Å². The molecule has 116 valence electrons. The third-order valence-corrected chi connectivity index (χ3v) is 5.14. The summed E-state index contributed by atoms with van der Waals surface area (Å²) in [4.78, 5) is 4.21. The molecule has 0 radical (unpaired) electrons. The van der Waals surface area contributed by atoms with E-state index >= 15 is 0 Å². The fraction of sp³-hybridized carbons (Fsp3) is 0.529. The lowest BCUT2D eigenvalue weighted by molar-refractivity contribution is 0.259. The van der Waals surface area contributed by atoms with Crippen molar-refractivity contribution in [3.8, 4) is 5.69 Å². The molecule has 1 saturated carbocycles. The second-order valence-electron chi connectivity index (χ2n) is 6.67. The van der Waals surface area contributed by atoms with Gasteiger partial charge in [0.25, 0.3) is 0 Å². The Morgan fingerprint density at radius 1 is 1.14 bits per heavy atom. The molecule has 0 amide bonds. The van der Waals surface area contributed by atoms with Crippen LogP contribution in [0.2, 0.25) is 0 Å². The number of fused-ring (bicyclic) bond motifs is 1. The minimum Gasteiger partial charge on any atom is -0.327 e. The van der Waals surface area contributed by atoms with Crippen LogP contribution in [0.15, 0.2) is 36.5 Å². The molecule has 0 bridgehead atoms. The van der Waals surface area contributed by atoms with Crippen molar-refractivity contribution < 1.29 is 0 Å². The first kappa shape index (κ1) is 13.9. The van der Waals surface area contributed by atoms with Gasteiger partial charge in [0.05, 0.1) is 17.6 Å². The van der Waals surface area contributed by atoms with Crippen LogP contribution in [0.5, 0.6) is 0 Å². The molecule has 22 heavy (non-hydrogen) atoms. The Morgan fingerprint density at radius 3 is 2.82 bits per heavy atom. The molecule has 5 heteroatoms. The van der Waals surface area contributed by atoms with Crippen molar-refractivity contribution >= 4 is 0 Å². The summed E-state index contributed by atoms with van der Waals surface area (Å²) in [5.41, 5.74) is 8.34. The number of para-hydroxylation sites is 1. The summed E-state index contributed by atoms with van der Waals surface area (Å²) >= 11 is 0. The minimum absolute atomic E-state index is 0.392. The zero-order valence-electron chi connectivity index (χ0n) is 12.8. The number of hydrogen-bond donors (Lipinski definition) is 1. The monoisotopic (exact) mass is 297 g/mol. The number of aromatic nitrogens is 3. The van der Waals surface area contributed by atoms with Gasteiger partial charge in [-0.05, 0) is 36.8 Å². The lowest BCUT2D eigenvalue weighted by Crippen LogP contribution is -2.38. The van der Waals surface area contributed by atoms with Gasteiger partial charge >= 0.3 is 0 Å². The van der Waals surface area contributed by atoms with E-state index in [0.29, 0.717) is 12.0 Å². The zero-order chi connectivity index (χ0) is 14.9. The van der Waals surface area contributed by atoms with E-state index < -0.39 is 0 Å². The zero-order valence-corrected chi connectivity index (χ0v) is 12.8. The molecule has 2 N–H and O–H groups in total. The smallest absolute Gasteiger partial charge is 0.0971 e. The van der Waals surface area contributed by atoms with Crippen LogP contribution in [0, 0.1) is 11.8 Å². The number of likely N-dealkylation sites (tertiary alicyclic amines) is 1. The van der Waals surface area contributed by atoms with Crippen LogP contribution in [-0.2, 0) is 6.54 Å². The number of nitrogens with two attached hydrogens (primary N) is 1. The average Bonchev–Trinajstić information content (AvgIpc) is 3.16. The van der Waals surface area contributed by atoms with Gasteiger partial charge in [-0.1, -0.05) is 24.6 Å². The van der Waals surface area contributed by atoms with Crippen molar-refractivity contribution in [1.29, 1.82) is 0 Å². The van der Waals surface area contributed by atoms with E-state index in [1.165, 1.54) is 19.3 Å². The van der Waals surface area contributed by atoms with Crippen molar-refractivity contribution in [2.24, 2.45) is 17.6 Å².